The highest BCUT2D eigenvalue weighted by molar-refractivity contribution is 5.84. The number of hydrogen-bond donors (Lipinski definition) is 3. The fourth-order valence-corrected chi connectivity index (χ4v) is 1.40. The maximum Gasteiger partial charge on any atom is 0.241 e. The zero-order valence-electron chi connectivity index (χ0n) is 11.5. The van der Waals surface area contributed by atoms with E-state index in [0.29, 0.717) is 19.0 Å². The number of carbonyl (C=O) groups excluding carboxylic acids is 1. The summed E-state index contributed by atoms with van der Waals surface area (Å²) in [6, 6.07) is 3.71. The Bertz CT molecular complexity index is 387. The number of carbonyl (C=O) groups is 1. The molecule has 0 spiro atoms. The van der Waals surface area contributed by atoms with E-state index in [9.17, 15) is 4.79 Å². The Hall–Kier alpha value is -1.98. The third-order valence-electron chi connectivity index (χ3n) is 2.31. The van der Waals surface area contributed by atoms with E-state index in [1.807, 2.05) is 26.0 Å². The predicted molar refractivity (Wildman–Crippen MR) is 74.8 cm³/mol. The van der Waals surface area contributed by atoms with Crippen LogP contribution in [-0.2, 0) is 11.3 Å². The van der Waals surface area contributed by atoms with Gasteiger partial charge in [-0.1, -0.05) is 6.92 Å². The second-order valence-corrected chi connectivity index (χ2v) is 3.98. The van der Waals surface area contributed by atoms with Gasteiger partial charge in [-0.3, -0.25) is 4.79 Å². The van der Waals surface area contributed by atoms with Crippen molar-refractivity contribution < 1.29 is 9.21 Å². The van der Waals surface area contributed by atoms with E-state index >= 15 is 0 Å². The molecule has 0 aliphatic rings. The lowest BCUT2D eigenvalue weighted by atomic mass is 10.4. The molecular formula is C13H22N4O2. The zero-order chi connectivity index (χ0) is 13.9. The number of guanidine groups is 1. The normalized spacial score (nSPS) is 11.2. The molecular weight excluding hydrogens is 244 g/mol. The average Bonchev–Trinajstić information content (AvgIpc) is 2.92. The summed E-state index contributed by atoms with van der Waals surface area (Å²) in [4.78, 5) is 15.7. The highest BCUT2D eigenvalue weighted by Gasteiger charge is 2.02. The lowest BCUT2D eigenvalue weighted by Gasteiger charge is -2.10. The first-order valence-electron chi connectivity index (χ1n) is 6.57. The zero-order valence-corrected chi connectivity index (χ0v) is 11.5. The molecule has 1 aromatic heterocycles. The summed E-state index contributed by atoms with van der Waals surface area (Å²) < 4.78 is 5.22. The number of aliphatic imine (C=N–C) groups is 1. The first-order valence-corrected chi connectivity index (χ1v) is 6.57. The summed E-state index contributed by atoms with van der Waals surface area (Å²) >= 11 is 0. The molecule has 1 heterocycles. The molecule has 0 aliphatic carbocycles. The van der Waals surface area contributed by atoms with Crippen molar-refractivity contribution in [1.29, 1.82) is 0 Å². The van der Waals surface area contributed by atoms with E-state index in [2.05, 4.69) is 20.9 Å². The van der Waals surface area contributed by atoms with Crippen LogP contribution in [0.1, 0.15) is 26.0 Å². The highest BCUT2D eigenvalue weighted by Crippen LogP contribution is 1.98. The molecule has 0 saturated heterocycles. The van der Waals surface area contributed by atoms with Gasteiger partial charge in [0.05, 0.1) is 12.8 Å². The SMILES string of the molecule is CCCNC(=O)CN=C(NCC)NCc1ccco1. The fraction of sp³-hybridized carbons (Fsp3) is 0.538. The maximum atomic E-state index is 11.5. The fourth-order valence-electron chi connectivity index (χ4n) is 1.40. The number of rotatable bonds is 7. The quantitative estimate of drug-likeness (QED) is 0.505. The standard InChI is InChI=1S/C13H22N4O2/c1-3-7-15-12(18)10-17-13(14-4-2)16-9-11-6-5-8-19-11/h5-6,8H,3-4,7,9-10H2,1-2H3,(H,15,18)(H2,14,16,17). The van der Waals surface area contributed by atoms with Gasteiger partial charge in [-0.15, -0.1) is 0 Å². The number of furan rings is 1. The molecule has 6 heteroatoms. The predicted octanol–water partition coefficient (Wildman–Crippen LogP) is 0.861. The molecule has 0 atom stereocenters. The molecule has 0 aromatic carbocycles. The van der Waals surface area contributed by atoms with Crippen LogP contribution in [0.3, 0.4) is 0 Å². The van der Waals surface area contributed by atoms with Crippen LogP contribution in [0.5, 0.6) is 0 Å². The highest BCUT2D eigenvalue weighted by atomic mass is 16.3. The minimum atomic E-state index is -0.0722. The summed E-state index contributed by atoms with van der Waals surface area (Å²) in [5, 5.41) is 8.95. The minimum Gasteiger partial charge on any atom is -0.467 e. The molecule has 3 N–H and O–H groups in total. The number of amides is 1. The average molecular weight is 266 g/mol. The first kappa shape index (κ1) is 15.1. The van der Waals surface area contributed by atoms with Gasteiger partial charge in [0, 0.05) is 13.1 Å². The molecule has 0 aliphatic heterocycles. The van der Waals surface area contributed by atoms with Crippen molar-refractivity contribution in [3.05, 3.63) is 24.2 Å². The Labute approximate surface area is 113 Å². The van der Waals surface area contributed by atoms with Gasteiger partial charge in [0.1, 0.15) is 12.3 Å². The van der Waals surface area contributed by atoms with Crippen LogP contribution in [-0.4, -0.2) is 31.5 Å². The van der Waals surface area contributed by atoms with E-state index in [-0.39, 0.29) is 12.5 Å². The third kappa shape index (κ3) is 6.49. The monoisotopic (exact) mass is 266 g/mol. The molecule has 6 nitrogen and oxygen atoms in total. The van der Waals surface area contributed by atoms with E-state index in [0.717, 1.165) is 18.7 Å². The molecule has 0 radical (unpaired) electrons. The van der Waals surface area contributed by atoms with Gasteiger partial charge < -0.3 is 20.4 Å². The summed E-state index contributed by atoms with van der Waals surface area (Å²) in [5.41, 5.74) is 0. The van der Waals surface area contributed by atoms with Crippen LogP contribution < -0.4 is 16.0 Å². The second kappa shape index (κ2) is 9.02. The van der Waals surface area contributed by atoms with Crippen LogP contribution in [0.4, 0.5) is 0 Å². The van der Waals surface area contributed by atoms with Crippen molar-refractivity contribution in [2.24, 2.45) is 4.99 Å². The summed E-state index contributed by atoms with van der Waals surface area (Å²) in [7, 11) is 0. The molecule has 106 valence electrons. The van der Waals surface area contributed by atoms with Crippen molar-refractivity contribution >= 4 is 11.9 Å². The molecule has 1 aromatic rings. The summed E-state index contributed by atoms with van der Waals surface area (Å²) in [6.45, 7) is 6.06. The molecule has 0 bridgehead atoms. The van der Waals surface area contributed by atoms with Gasteiger partial charge in [-0.2, -0.15) is 0 Å². The van der Waals surface area contributed by atoms with Gasteiger partial charge >= 0.3 is 0 Å². The van der Waals surface area contributed by atoms with E-state index in [1.54, 1.807) is 6.26 Å². The maximum absolute atomic E-state index is 11.5. The molecule has 0 unspecified atom stereocenters. The Morgan fingerprint density at radius 3 is 2.79 bits per heavy atom. The van der Waals surface area contributed by atoms with Gasteiger partial charge in [0.25, 0.3) is 0 Å². The molecule has 19 heavy (non-hydrogen) atoms. The molecule has 0 saturated carbocycles. The van der Waals surface area contributed by atoms with Gasteiger partial charge in [-0.25, -0.2) is 4.99 Å². The molecule has 1 rings (SSSR count). The molecule has 0 fully saturated rings. The Morgan fingerprint density at radius 2 is 2.16 bits per heavy atom. The lowest BCUT2D eigenvalue weighted by molar-refractivity contribution is -0.119. The summed E-state index contributed by atoms with van der Waals surface area (Å²) in [6.07, 6.45) is 2.55. The van der Waals surface area contributed by atoms with Crippen molar-refractivity contribution in [2.75, 3.05) is 19.6 Å². The van der Waals surface area contributed by atoms with Crippen molar-refractivity contribution in [2.45, 2.75) is 26.8 Å². The Morgan fingerprint density at radius 1 is 1.32 bits per heavy atom. The van der Waals surface area contributed by atoms with Crippen LogP contribution in [0, 0.1) is 0 Å². The summed E-state index contributed by atoms with van der Waals surface area (Å²) in [5.74, 6) is 1.35. The van der Waals surface area contributed by atoms with Crippen LogP contribution >= 0.6 is 0 Å². The van der Waals surface area contributed by atoms with Crippen molar-refractivity contribution in [3.63, 3.8) is 0 Å². The third-order valence-corrected chi connectivity index (χ3v) is 2.31. The first-order chi connectivity index (χ1) is 9.26. The largest absolute Gasteiger partial charge is 0.467 e. The van der Waals surface area contributed by atoms with Crippen LogP contribution in [0.15, 0.2) is 27.8 Å². The van der Waals surface area contributed by atoms with E-state index in [4.69, 9.17) is 4.42 Å². The van der Waals surface area contributed by atoms with Crippen LogP contribution in [0.2, 0.25) is 0 Å². The van der Waals surface area contributed by atoms with E-state index in [1.165, 1.54) is 0 Å². The second-order valence-electron chi connectivity index (χ2n) is 3.98. The van der Waals surface area contributed by atoms with Gasteiger partial charge in [0.15, 0.2) is 5.96 Å². The lowest BCUT2D eigenvalue weighted by Crippen LogP contribution is -2.38. The molecule has 1 amide bonds. The minimum absolute atomic E-state index is 0.0722. The van der Waals surface area contributed by atoms with Gasteiger partial charge in [0.2, 0.25) is 5.91 Å². The topological polar surface area (TPSA) is 78.7 Å². The Kier molecular flexibility index (Phi) is 7.16. The number of nitrogens with one attached hydrogen (secondary N) is 3. The number of nitrogens with zero attached hydrogens (tertiary/aromatic N) is 1. The number of hydrogen-bond acceptors (Lipinski definition) is 3. The van der Waals surface area contributed by atoms with Crippen molar-refractivity contribution in [1.82, 2.24) is 16.0 Å². The van der Waals surface area contributed by atoms with Crippen LogP contribution in [0.25, 0.3) is 0 Å². The van der Waals surface area contributed by atoms with Gasteiger partial charge in [-0.05, 0) is 25.5 Å². The van der Waals surface area contributed by atoms with Crippen molar-refractivity contribution in [3.8, 4) is 0 Å². The Balaban J connectivity index is 2.39. The van der Waals surface area contributed by atoms with E-state index < -0.39 is 0 Å². The smallest absolute Gasteiger partial charge is 0.241 e.